The van der Waals surface area contributed by atoms with E-state index in [0.29, 0.717) is 5.76 Å². The van der Waals surface area contributed by atoms with Crippen LogP contribution in [0.2, 0.25) is 0 Å². The van der Waals surface area contributed by atoms with Gasteiger partial charge in [-0.3, -0.25) is 0 Å². The average Bonchev–Trinajstić information content (AvgIpc) is 3.07. The standard InChI is InChI=1S/C22H30N2O3S2/c1-15-9-11-18(12-10-15)21-24-19(17(3)28-21)16(2)20(27-29(5,25)26)22(23-4)13-7-6-8-14-22/h9-12,23H,6-8,13-14H2,1-5H3/b20-16-. The van der Waals surface area contributed by atoms with Gasteiger partial charge in [-0.1, -0.05) is 49.1 Å². The Bertz CT molecular complexity index is 999. The minimum absolute atomic E-state index is 0.481. The molecular weight excluding hydrogens is 404 g/mol. The number of hydrogen-bond donors (Lipinski definition) is 1. The first-order valence-corrected chi connectivity index (χ1v) is 12.6. The van der Waals surface area contributed by atoms with E-state index in [4.69, 9.17) is 9.17 Å². The SMILES string of the molecule is CNC1(/C(OS(C)(=O)=O)=C(\C)c2nc(-c3ccc(C)cc3)sc2C)CCCCC1. The van der Waals surface area contributed by atoms with Crippen molar-refractivity contribution in [3.63, 3.8) is 0 Å². The van der Waals surface area contributed by atoms with Crippen molar-refractivity contribution in [1.82, 2.24) is 10.3 Å². The predicted octanol–water partition coefficient (Wildman–Crippen LogP) is 5.06. The summed E-state index contributed by atoms with van der Waals surface area (Å²) in [5.74, 6) is 0.492. The third-order valence-corrected chi connectivity index (χ3v) is 7.14. The Morgan fingerprint density at radius 1 is 1.14 bits per heavy atom. The quantitative estimate of drug-likeness (QED) is 0.509. The molecule has 7 heteroatoms. The van der Waals surface area contributed by atoms with Gasteiger partial charge in [-0.05, 0) is 40.7 Å². The Morgan fingerprint density at radius 2 is 1.76 bits per heavy atom. The van der Waals surface area contributed by atoms with Crippen LogP contribution < -0.4 is 5.32 Å². The van der Waals surface area contributed by atoms with Crippen LogP contribution in [-0.4, -0.2) is 32.2 Å². The van der Waals surface area contributed by atoms with Crippen LogP contribution in [0.25, 0.3) is 16.1 Å². The van der Waals surface area contributed by atoms with Gasteiger partial charge in [-0.25, -0.2) is 4.98 Å². The van der Waals surface area contributed by atoms with Crippen molar-refractivity contribution in [3.05, 3.63) is 46.2 Å². The number of likely N-dealkylation sites (N-methyl/N-ethyl adjacent to an activating group) is 1. The molecule has 1 aromatic heterocycles. The molecule has 1 heterocycles. The second kappa shape index (κ2) is 8.58. The molecule has 1 aliphatic carbocycles. The predicted molar refractivity (Wildman–Crippen MR) is 120 cm³/mol. The van der Waals surface area contributed by atoms with E-state index in [2.05, 4.69) is 36.5 Å². The summed E-state index contributed by atoms with van der Waals surface area (Å²) in [5.41, 5.74) is 3.39. The number of aromatic nitrogens is 1. The summed E-state index contributed by atoms with van der Waals surface area (Å²) in [4.78, 5) is 5.93. The first-order valence-electron chi connectivity index (χ1n) is 10.00. The lowest BCUT2D eigenvalue weighted by Gasteiger charge is -2.38. The normalized spacial score (nSPS) is 17.7. The minimum Gasteiger partial charge on any atom is -0.385 e. The highest BCUT2D eigenvalue weighted by Gasteiger charge is 2.39. The molecular formula is C22H30N2O3S2. The third kappa shape index (κ3) is 4.90. The molecule has 0 atom stereocenters. The highest BCUT2D eigenvalue weighted by Crippen LogP contribution is 2.41. The van der Waals surface area contributed by atoms with Crippen molar-refractivity contribution in [2.45, 2.75) is 58.4 Å². The van der Waals surface area contributed by atoms with E-state index in [1.54, 1.807) is 11.3 Å². The summed E-state index contributed by atoms with van der Waals surface area (Å²) in [5, 5.41) is 4.31. The summed E-state index contributed by atoms with van der Waals surface area (Å²) in [7, 11) is -1.77. The van der Waals surface area contributed by atoms with Crippen LogP contribution in [0.1, 0.15) is 55.2 Å². The zero-order valence-corrected chi connectivity index (χ0v) is 19.5. The van der Waals surface area contributed by atoms with E-state index in [9.17, 15) is 8.42 Å². The zero-order chi connectivity index (χ0) is 21.2. The average molecular weight is 435 g/mol. The summed E-state index contributed by atoms with van der Waals surface area (Å²) in [6.07, 6.45) is 6.03. The van der Waals surface area contributed by atoms with Gasteiger partial charge in [0, 0.05) is 16.0 Å². The van der Waals surface area contributed by atoms with Gasteiger partial charge >= 0.3 is 10.1 Å². The number of rotatable bonds is 6. The van der Waals surface area contributed by atoms with E-state index in [0.717, 1.165) is 65.1 Å². The Morgan fingerprint density at radius 3 is 2.31 bits per heavy atom. The van der Waals surface area contributed by atoms with Gasteiger partial charge in [-0.15, -0.1) is 11.3 Å². The fourth-order valence-electron chi connectivity index (χ4n) is 4.07. The second-order valence-electron chi connectivity index (χ2n) is 7.92. The smallest absolute Gasteiger partial charge is 0.306 e. The molecule has 2 aromatic rings. The second-order valence-corrected chi connectivity index (χ2v) is 10.7. The van der Waals surface area contributed by atoms with Gasteiger partial charge in [0.1, 0.15) is 10.8 Å². The minimum atomic E-state index is -3.66. The van der Waals surface area contributed by atoms with Crippen molar-refractivity contribution in [1.29, 1.82) is 0 Å². The number of nitrogens with zero attached hydrogens (tertiary/aromatic N) is 1. The summed E-state index contributed by atoms with van der Waals surface area (Å²) < 4.78 is 29.9. The summed E-state index contributed by atoms with van der Waals surface area (Å²) in [6, 6.07) is 8.29. The first-order chi connectivity index (χ1) is 13.6. The molecule has 1 aliphatic rings. The van der Waals surface area contributed by atoms with Crippen LogP contribution in [0.4, 0.5) is 0 Å². The Hall–Kier alpha value is -1.70. The molecule has 29 heavy (non-hydrogen) atoms. The molecule has 1 fully saturated rings. The molecule has 0 amide bonds. The van der Waals surface area contributed by atoms with E-state index in [1.807, 2.05) is 20.9 Å². The Balaban J connectivity index is 2.12. The van der Waals surface area contributed by atoms with E-state index < -0.39 is 15.7 Å². The third-order valence-electron chi connectivity index (χ3n) is 5.65. The number of nitrogens with one attached hydrogen (secondary N) is 1. The molecule has 1 saturated carbocycles. The molecule has 5 nitrogen and oxygen atoms in total. The maximum absolute atomic E-state index is 12.1. The van der Waals surface area contributed by atoms with Crippen molar-refractivity contribution < 1.29 is 12.6 Å². The lowest BCUT2D eigenvalue weighted by atomic mass is 9.78. The lowest BCUT2D eigenvalue weighted by molar-refractivity contribution is 0.218. The van der Waals surface area contributed by atoms with Crippen LogP contribution in [0, 0.1) is 13.8 Å². The summed E-state index contributed by atoms with van der Waals surface area (Å²) >= 11 is 1.62. The van der Waals surface area contributed by atoms with Crippen LogP contribution in [0.3, 0.4) is 0 Å². The van der Waals surface area contributed by atoms with Crippen molar-refractivity contribution in [2.75, 3.05) is 13.3 Å². The first kappa shape index (κ1) is 22.0. The lowest BCUT2D eigenvalue weighted by Crippen LogP contribution is -2.48. The van der Waals surface area contributed by atoms with Gasteiger partial charge < -0.3 is 9.50 Å². The Kier molecular flexibility index (Phi) is 6.51. The fraction of sp³-hybridized carbons (Fsp3) is 0.500. The molecule has 1 aromatic carbocycles. The number of allylic oxidation sites excluding steroid dienone is 1. The largest absolute Gasteiger partial charge is 0.385 e. The molecule has 0 spiro atoms. The van der Waals surface area contributed by atoms with E-state index in [-0.39, 0.29) is 0 Å². The maximum Gasteiger partial charge on any atom is 0.306 e. The number of thiazole rings is 1. The van der Waals surface area contributed by atoms with Crippen LogP contribution in [0.15, 0.2) is 30.0 Å². The molecule has 158 valence electrons. The van der Waals surface area contributed by atoms with E-state index in [1.165, 1.54) is 5.56 Å². The van der Waals surface area contributed by atoms with Crippen molar-refractivity contribution >= 4 is 27.0 Å². The highest BCUT2D eigenvalue weighted by atomic mass is 32.2. The van der Waals surface area contributed by atoms with E-state index >= 15 is 0 Å². The number of benzene rings is 1. The number of aryl methyl sites for hydroxylation is 2. The molecule has 0 bridgehead atoms. The van der Waals surface area contributed by atoms with Gasteiger partial charge in [0.05, 0.1) is 17.5 Å². The zero-order valence-electron chi connectivity index (χ0n) is 17.8. The molecule has 0 saturated heterocycles. The molecule has 0 radical (unpaired) electrons. The van der Waals surface area contributed by atoms with Crippen LogP contribution >= 0.6 is 11.3 Å². The van der Waals surface area contributed by atoms with Crippen LogP contribution in [0.5, 0.6) is 0 Å². The van der Waals surface area contributed by atoms with Gasteiger partial charge in [0.25, 0.3) is 0 Å². The molecule has 3 rings (SSSR count). The maximum atomic E-state index is 12.1. The molecule has 0 unspecified atom stereocenters. The van der Waals surface area contributed by atoms with Gasteiger partial charge in [-0.2, -0.15) is 8.42 Å². The molecule has 0 aliphatic heterocycles. The van der Waals surface area contributed by atoms with Gasteiger partial charge in [0.2, 0.25) is 0 Å². The monoisotopic (exact) mass is 434 g/mol. The van der Waals surface area contributed by atoms with Gasteiger partial charge in [0.15, 0.2) is 0 Å². The summed E-state index contributed by atoms with van der Waals surface area (Å²) in [6.45, 7) is 6.01. The number of hydrogen-bond acceptors (Lipinski definition) is 6. The molecule has 1 N–H and O–H groups in total. The highest BCUT2D eigenvalue weighted by molar-refractivity contribution is 7.86. The Labute approximate surface area is 178 Å². The fourth-order valence-corrected chi connectivity index (χ4v) is 5.63. The van der Waals surface area contributed by atoms with Crippen molar-refractivity contribution in [3.8, 4) is 10.6 Å². The van der Waals surface area contributed by atoms with Crippen LogP contribution in [-0.2, 0) is 14.3 Å². The van der Waals surface area contributed by atoms with Crippen molar-refractivity contribution in [2.24, 2.45) is 0 Å². The topological polar surface area (TPSA) is 68.3 Å².